The quantitative estimate of drug-likeness (QED) is 0.481. The molecule has 0 radical (unpaired) electrons. The van der Waals surface area contributed by atoms with Gasteiger partial charge in [0.15, 0.2) is 5.82 Å². The first kappa shape index (κ1) is 20.6. The van der Waals surface area contributed by atoms with Crippen molar-refractivity contribution in [1.82, 2.24) is 14.5 Å². The number of unbranched alkanes of at least 4 members (excludes halogenated alkanes) is 2. The monoisotopic (exact) mass is 383 g/mol. The summed E-state index contributed by atoms with van der Waals surface area (Å²) in [5.74, 6) is -0.354. The number of carboxylic acids is 1. The van der Waals surface area contributed by atoms with Crippen LogP contribution in [-0.2, 0) is 9.53 Å². The molecule has 0 aliphatic rings. The number of fused-ring (bicyclic) bond motifs is 1. The minimum absolute atomic E-state index is 0. The van der Waals surface area contributed by atoms with Gasteiger partial charge in [0.1, 0.15) is 5.69 Å². The van der Waals surface area contributed by atoms with E-state index in [9.17, 15) is 9.59 Å². The molecule has 0 atom stereocenters. The van der Waals surface area contributed by atoms with Gasteiger partial charge in [-0.2, -0.15) is 0 Å². The summed E-state index contributed by atoms with van der Waals surface area (Å²) < 4.78 is 6.78. The zero-order valence-corrected chi connectivity index (χ0v) is 17.2. The average molecular weight is 383 g/mol. The van der Waals surface area contributed by atoms with Crippen molar-refractivity contribution in [1.29, 1.82) is 0 Å². The number of hydrogen-bond donors (Lipinski definition) is 1. The van der Waals surface area contributed by atoms with Gasteiger partial charge in [0, 0.05) is 11.8 Å². The van der Waals surface area contributed by atoms with Crippen LogP contribution in [-0.4, -0.2) is 38.3 Å². The molecule has 0 unspecified atom stereocenters. The molecule has 1 N–H and O–H groups in total. The smallest absolute Gasteiger partial charge is 1.00 e. The summed E-state index contributed by atoms with van der Waals surface area (Å²) in [7, 11) is 0. The number of hydrogen-bond acceptors (Lipinski definition) is 6. The molecular formula is C17H18N3NaO4S. The molecule has 2 aromatic heterocycles. The third-order valence-electron chi connectivity index (χ3n) is 3.67. The summed E-state index contributed by atoms with van der Waals surface area (Å²) in [6.07, 6.45) is 1.52. The first-order valence-electron chi connectivity index (χ1n) is 7.92. The topological polar surface area (TPSA) is 94.3 Å². The fourth-order valence-corrected chi connectivity index (χ4v) is 3.02. The maximum atomic E-state index is 12.6. The van der Waals surface area contributed by atoms with E-state index in [1.54, 1.807) is 5.51 Å². The molecule has 0 aliphatic carbocycles. The molecule has 0 saturated carbocycles. The number of rotatable bonds is 7. The zero-order valence-electron chi connectivity index (χ0n) is 15.4. The largest absolute Gasteiger partial charge is 1.00 e. The number of imidazole rings is 1. The number of carbonyl (C=O) groups excluding carboxylic acids is 1. The zero-order chi connectivity index (χ0) is 17.6. The molecule has 0 amide bonds. The number of para-hydroxylation sites is 2. The van der Waals surface area contributed by atoms with Crippen molar-refractivity contribution in [3.05, 3.63) is 35.2 Å². The molecule has 132 valence electrons. The molecule has 0 saturated heterocycles. The maximum Gasteiger partial charge on any atom is 1.00 e. The van der Waals surface area contributed by atoms with Crippen molar-refractivity contribution in [3.63, 3.8) is 0 Å². The van der Waals surface area contributed by atoms with Crippen LogP contribution >= 0.6 is 11.3 Å². The van der Waals surface area contributed by atoms with Gasteiger partial charge in [0.05, 0.1) is 23.2 Å². The van der Waals surface area contributed by atoms with E-state index in [1.165, 1.54) is 15.9 Å². The molecular weight excluding hydrogens is 365 g/mol. The molecule has 2 heterocycles. The van der Waals surface area contributed by atoms with E-state index < -0.39 is 12.1 Å². The summed E-state index contributed by atoms with van der Waals surface area (Å²) in [5.41, 5.74) is 3.68. The Morgan fingerprint density at radius 3 is 2.77 bits per heavy atom. The molecule has 9 heteroatoms. The van der Waals surface area contributed by atoms with E-state index in [-0.39, 0.29) is 44.0 Å². The number of ether oxygens (including phenoxy) is 1. The van der Waals surface area contributed by atoms with E-state index in [0.29, 0.717) is 41.8 Å². The average Bonchev–Trinajstić information content (AvgIpc) is 3.24. The van der Waals surface area contributed by atoms with Crippen molar-refractivity contribution in [2.75, 3.05) is 6.61 Å². The number of thiazole rings is 1. The Morgan fingerprint density at radius 1 is 1.23 bits per heavy atom. The van der Waals surface area contributed by atoms with Crippen LogP contribution in [0.1, 0.15) is 27.1 Å². The number of benzene rings is 1. The van der Waals surface area contributed by atoms with Gasteiger partial charge in [-0.15, -0.1) is 11.3 Å². The second-order valence-electron chi connectivity index (χ2n) is 5.45. The van der Waals surface area contributed by atoms with Crippen LogP contribution in [0.4, 0.5) is 4.79 Å². The van der Waals surface area contributed by atoms with E-state index in [2.05, 4.69) is 9.97 Å². The van der Waals surface area contributed by atoms with Gasteiger partial charge >= 0.3 is 41.6 Å². The number of aromatic nitrogens is 3. The molecule has 3 aromatic rings. The van der Waals surface area contributed by atoms with Gasteiger partial charge in [-0.3, -0.25) is 4.79 Å². The van der Waals surface area contributed by atoms with Gasteiger partial charge in [0.25, 0.3) is 0 Å². The predicted octanol–water partition coefficient (Wildman–Crippen LogP) is 0.906. The Labute approximate surface area is 177 Å². The van der Waals surface area contributed by atoms with Crippen molar-refractivity contribution in [2.45, 2.75) is 25.7 Å². The number of carboxylic acid groups (broad SMARTS) is 1. The molecule has 7 nitrogen and oxygen atoms in total. The van der Waals surface area contributed by atoms with Crippen molar-refractivity contribution < 1.29 is 50.4 Å². The van der Waals surface area contributed by atoms with Crippen LogP contribution in [0.2, 0.25) is 0 Å². The van der Waals surface area contributed by atoms with Gasteiger partial charge in [-0.25, -0.2) is 19.3 Å². The molecule has 0 bridgehead atoms. The molecule has 26 heavy (non-hydrogen) atoms. The minimum Gasteiger partial charge on any atom is -1.00 e. The van der Waals surface area contributed by atoms with Crippen LogP contribution in [0.5, 0.6) is 0 Å². The van der Waals surface area contributed by atoms with Crippen LogP contribution in [0.15, 0.2) is 35.2 Å². The maximum absolute atomic E-state index is 12.6. The Bertz CT molecular complexity index is 886. The van der Waals surface area contributed by atoms with Crippen molar-refractivity contribution in [3.8, 4) is 11.5 Å². The Morgan fingerprint density at radius 2 is 2.04 bits per heavy atom. The first-order valence-corrected chi connectivity index (χ1v) is 8.86. The third-order valence-corrected chi connectivity index (χ3v) is 4.25. The number of aliphatic carboxylic acids is 1. The minimum atomic E-state index is -0.810. The summed E-state index contributed by atoms with van der Waals surface area (Å²) >= 11 is 1.43. The van der Waals surface area contributed by atoms with Crippen LogP contribution in [0.3, 0.4) is 0 Å². The first-order chi connectivity index (χ1) is 12.2. The molecule has 0 fully saturated rings. The van der Waals surface area contributed by atoms with E-state index in [4.69, 9.17) is 9.84 Å². The Hall–Kier alpha value is -1.74. The fraction of sp³-hybridized carbons (Fsp3) is 0.294. The summed E-state index contributed by atoms with van der Waals surface area (Å²) in [4.78, 5) is 31.8. The van der Waals surface area contributed by atoms with Gasteiger partial charge in [-0.05, 0) is 31.4 Å². The number of nitrogens with zero attached hydrogens (tertiary/aromatic N) is 3. The molecule has 0 spiro atoms. The second-order valence-corrected chi connectivity index (χ2v) is 6.17. The Kier molecular flexibility index (Phi) is 7.77. The SMILES string of the molecule is O=C(O)CCCCCOC(=O)n1c(-c2cscn2)nc2ccccc21.[H-].[Na+]. The third kappa shape index (κ3) is 4.91. The Balaban J connectivity index is 0.00000182. The van der Waals surface area contributed by atoms with E-state index in [1.807, 2.05) is 29.6 Å². The van der Waals surface area contributed by atoms with Gasteiger partial charge < -0.3 is 11.3 Å². The van der Waals surface area contributed by atoms with E-state index >= 15 is 0 Å². The van der Waals surface area contributed by atoms with Crippen LogP contribution in [0.25, 0.3) is 22.6 Å². The normalized spacial score (nSPS) is 10.5. The molecule has 3 rings (SSSR count). The van der Waals surface area contributed by atoms with Crippen LogP contribution < -0.4 is 29.6 Å². The van der Waals surface area contributed by atoms with Gasteiger partial charge in [-0.1, -0.05) is 12.1 Å². The molecule has 1 aromatic carbocycles. The van der Waals surface area contributed by atoms with Gasteiger partial charge in [0.2, 0.25) is 0 Å². The number of carbonyl (C=O) groups is 2. The van der Waals surface area contributed by atoms with Crippen molar-refractivity contribution >= 4 is 34.4 Å². The van der Waals surface area contributed by atoms with Crippen LogP contribution in [0, 0.1) is 0 Å². The molecule has 0 aliphatic heterocycles. The summed E-state index contributed by atoms with van der Waals surface area (Å²) in [6.45, 7) is 0.238. The summed E-state index contributed by atoms with van der Waals surface area (Å²) in [6, 6.07) is 7.34. The summed E-state index contributed by atoms with van der Waals surface area (Å²) in [5, 5.41) is 10.4. The van der Waals surface area contributed by atoms with E-state index in [0.717, 1.165) is 0 Å². The second kappa shape index (κ2) is 9.82. The standard InChI is InChI=1S/C17H17N3O4S.Na.H/c21-15(22)8-2-1-5-9-24-17(23)20-14-7-4-3-6-12(14)19-16(20)13-10-25-11-18-13;;/h3-4,6-7,10-11H,1-2,5,8-9H2,(H,21,22);;/q;+1;-1. The fourth-order valence-electron chi connectivity index (χ4n) is 2.48. The predicted molar refractivity (Wildman–Crippen MR) is 94.8 cm³/mol. The van der Waals surface area contributed by atoms with Crippen molar-refractivity contribution in [2.24, 2.45) is 0 Å².